The zero-order chi connectivity index (χ0) is 17.8. The molecule has 1 amide bonds. The van der Waals surface area contributed by atoms with E-state index in [4.69, 9.17) is 14.2 Å². The highest BCUT2D eigenvalue weighted by molar-refractivity contribution is 5.96. The van der Waals surface area contributed by atoms with Crippen LogP contribution in [0.2, 0.25) is 0 Å². The molecule has 1 aromatic rings. The maximum Gasteiger partial charge on any atom is 0.256 e. The van der Waals surface area contributed by atoms with Crippen LogP contribution in [0.3, 0.4) is 0 Å². The van der Waals surface area contributed by atoms with Gasteiger partial charge >= 0.3 is 0 Å². The molecule has 0 aliphatic carbocycles. The van der Waals surface area contributed by atoms with Crippen LogP contribution >= 0.6 is 0 Å². The van der Waals surface area contributed by atoms with Crippen molar-refractivity contribution in [3.63, 3.8) is 0 Å². The first kappa shape index (κ1) is 20.4. The number of rotatable bonds is 12. The summed E-state index contributed by atoms with van der Waals surface area (Å²) < 4.78 is 16.1. The second-order valence-corrected chi connectivity index (χ2v) is 5.78. The van der Waals surface area contributed by atoms with Gasteiger partial charge in [0.1, 0.15) is 12.2 Å². The Morgan fingerprint density at radius 3 is 2.62 bits per heavy atom. The van der Waals surface area contributed by atoms with Crippen LogP contribution in [-0.2, 0) is 14.3 Å². The van der Waals surface area contributed by atoms with Gasteiger partial charge in [-0.1, -0.05) is 26.2 Å². The number of aromatic nitrogens is 1. The molecule has 1 atom stereocenters. The van der Waals surface area contributed by atoms with Crippen molar-refractivity contribution in [1.29, 1.82) is 0 Å². The molecule has 0 saturated carbocycles. The number of methoxy groups -OCH3 is 1. The Hall–Kier alpha value is -1.66. The number of carbonyl (C=O) groups is 1. The largest absolute Gasteiger partial charge is 0.475 e. The fourth-order valence-corrected chi connectivity index (χ4v) is 2.17. The van der Waals surface area contributed by atoms with E-state index in [9.17, 15) is 4.79 Å². The SMILES string of the molecule is CCCCC[C@](C)(OC)C(=O)Nc1ccc(OCCOCC)nc1. The van der Waals surface area contributed by atoms with E-state index in [2.05, 4.69) is 17.2 Å². The predicted molar refractivity (Wildman–Crippen MR) is 94.4 cm³/mol. The minimum atomic E-state index is -0.832. The van der Waals surface area contributed by atoms with Gasteiger partial charge < -0.3 is 19.5 Å². The molecule has 0 unspecified atom stereocenters. The van der Waals surface area contributed by atoms with Crippen molar-refractivity contribution in [3.8, 4) is 5.88 Å². The highest BCUT2D eigenvalue weighted by atomic mass is 16.5. The van der Waals surface area contributed by atoms with Gasteiger partial charge in [0.15, 0.2) is 0 Å². The number of pyridine rings is 1. The van der Waals surface area contributed by atoms with Crippen molar-refractivity contribution in [2.45, 2.75) is 52.1 Å². The van der Waals surface area contributed by atoms with E-state index < -0.39 is 5.60 Å². The standard InChI is InChI=1S/C18H30N2O4/c1-5-7-8-11-18(3,22-4)17(21)20-15-9-10-16(19-14-15)24-13-12-23-6-2/h9-10,14H,5-8,11-13H2,1-4H3,(H,20,21)/t18-/m0/s1. The van der Waals surface area contributed by atoms with Gasteiger partial charge in [-0.15, -0.1) is 0 Å². The van der Waals surface area contributed by atoms with Crippen molar-refractivity contribution in [3.05, 3.63) is 18.3 Å². The molecule has 0 radical (unpaired) electrons. The van der Waals surface area contributed by atoms with Crippen LogP contribution < -0.4 is 10.1 Å². The van der Waals surface area contributed by atoms with E-state index >= 15 is 0 Å². The molecule has 6 nitrogen and oxygen atoms in total. The Bertz CT molecular complexity index is 478. The van der Waals surface area contributed by atoms with Gasteiger partial charge in [0, 0.05) is 19.8 Å². The third-order valence-electron chi connectivity index (χ3n) is 3.86. The number of hydrogen-bond acceptors (Lipinski definition) is 5. The summed E-state index contributed by atoms with van der Waals surface area (Å²) >= 11 is 0. The third kappa shape index (κ3) is 6.84. The van der Waals surface area contributed by atoms with Crippen LogP contribution in [0.5, 0.6) is 5.88 Å². The molecule has 0 aliphatic heterocycles. The summed E-state index contributed by atoms with van der Waals surface area (Å²) in [6.45, 7) is 7.53. The molecule has 1 rings (SSSR count). The third-order valence-corrected chi connectivity index (χ3v) is 3.86. The number of hydrogen-bond donors (Lipinski definition) is 1. The van der Waals surface area contributed by atoms with E-state index in [1.165, 1.54) is 0 Å². The van der Waals surface area contributed by atoms with Gasteiger partial charge in [-0.2, -0.15) is 0 Å². The van der Waals surface area contributed by atoms with E-state index in [1.54, 1.807) is 25.4 Å². The molecule has 24 heavy (non-hydrogen) atoms. The molecule has 1 heterocycles. The van der Waals surface area contributed by atoms with Crippen LogP contribution in [0, 0.1) is 0 Å². The van der Waals surface area contributed by atoms with Gasteiger partial charge in [-0.3, -0.25) is 4.79 Å². The minimum absolute atomic E-state index is 0.159. The van der Waals surface area contributed by atoms with Crippen LogP contribution in [0.4, 0.5) is 5.69 Å². The molecule has 0 bridgehead atoms. The van der Waals surface area contributed by atoms with E-state index in [-0.39, 0.29) is 5.91 Å². The zero-order valence-electron chi connectivity index (χ0n) is 15.3. The van der Waals surface area contributed by atoms with Crippen molar-refractivity contribution in [1.82, 2.24) is 4.98 Å². The summed E-state index contributed by atoms with van der Waals surface area (Å²) in [7, 11) is 1.57. The first-order valence-corrected chi connectivity index (χ1v) is 8.59. The molecular formula is C18H30N2O4. The summed E-state index contributed by atoms with van der Waals surface area (Å²) in [4.78, 5) is 16.7. The summed E-state index contributed by atoms with van der Waals surface area (Å²) in [6.07, 6.45) is 5.42. The zero-order valence-corrected chi connectivity index (χ0v) is 15.3. The molecule has 0 fully saturated rings. The molecule has 0 saturated heterocycles. The molecular weight excluding hydrogens is 308 g/mol. The minimum Gasteiger partial charge on any atom is -0.475 e. The number of amides is 1. The molecule has 0 aromatic carbocycles. The monoisotopic (exact) mass is 338 g/mol. The fraction of sp³-hybridized carbons (Fsp3) is 0.667. The van der Waals surface area contributed by atoms with Gasteiger partial charge in [0.2, 0.25) is 5.88 Å². The second kappa shape index (κ2) is 11.0. The van der Waals surface area contributed by atoms with Crippen LogP contribution in [0.25, 0.3) is 0 Å². The van der Waals surface area contributed by atoms with Crippen molar-refractivity contribution < 1.29 is 19.0 Å². The second-order valence-electron chi connectivity index (χ2n) is 5.78. The number of carbonyl (C=O) groups excluding carboxylic acids is 1. The normalized spacial score (nSPS) is 13.3. The average Bonchev–Trinajstić information content (AvgIpc) is 2.60. The van der Waals surface area contributed by atoms with Crippen LogP contribution in [0.1, 0.15) is 46.5 Å². The maximum absolute atomic E-state index is 12.5. The first-order valence-electron chi connectivity index (χ1n) is 8.59. The summed E-state index contributed by atoms with van der Waals surface area (Å²) in [5, 5.41) is 2.86. The summed E-state index contributed by atoms with van der Waals surface area (Å²) in [6, 6.07) is 3.49. The predicted octanol–water partition coefficient (Wildman–Crippen LogP) is 3.42. The average molecular weight is 338 g/mol. The van der Waals surface area contributed by atoms with Crippen LogP contribution in [0.15, 0.2) is 18.3 Å². The van der Waals surface area contributed by atoms with Gasteiger partial charge in [0.25, 0.3) is 5.91 Å². The van der Waals surface area contributed by atoms with Crippen LogP contribution in [-0.4, -0.2) is 43.4 Å². The number of anilines is 1. The Kier molecular flexibility index (Phi) is 9.34. The Balaban J connectivity index is 2.53. The summed E-state index contributed by atoms with van der Waals surface area (Å²) in [5.74, 6) is 0.345. The van der Waals surface area contributed by atoms with Crippen molar-refractivity contribution in [2.75, 3.05) is 32.2 Å². The Morgan fingerprint density at radius 1 is 1.25 bits per heavy atom. The van der Waals surface area contributed by atoms with Gasteiger partial charge in [-0.25, -0.2) is 4.98 Å². The molecule has 0 aliphatic rings. The molecule has 1 N–H and O–H groups in total. The van der Waals surface area contributed by atoms with Gasteiger partial charge in [-0.05, 0) is 26.3 Å². The first-order chi connectivity index (χ1) is 11.6. The highest BCUT2D eigenvalue weighted by Gasteiger charge is 2.32. The topological polar surface area (TPSA) is 69.7 Å². The molecule has 1 aromatic heterocycles. The maximum atomic E-state index is 12.5. The Labute approximate surface area is 144 Å². The smallest absolute Gasteiger partial charge is 0.256 e. The molecule has 0 spiro atoms. The lowest BCUT2D eigenvalue weighted by Crippen LogP contribution is -2.42. The number of unbranched alkanes of at least 4 members (excludes halogenated alkanes) is 2. The lowest BCUT2D eigenvalue weighted by atomic mass is 9.97. The van der Waals surface area contributed by atoms with E-state index in [0.717, 1.165) is 19.3 Å². The quantitative estimate of drug-likeness (QED) is 0.591. The fourth-order valence-electron chi connectivity index (χ4n) is 2.17. The van der Waals surface area contributed by atoms with E-state index in [0.29, 0.717) is 37.8 Å². The number of nitrogens with zero attached hydrogens (tertiary/aromatic N) is 1. The lowest BCUT2D eigenvalue weighted by molar-refractivity contribution is -0.136. The molecule has 136 valence electrons. The highest BCUT2D eigenvalue weighted by Crippen LogP contribution is 2.21. The summed E-state index contributed by atoms with van der Waals surface area (Å²) in [5.41, 5.74) is -0.210. The Morgan fingerprint density at radius 2 is 2.04 bits per heavy atom. The van der Waals surface area contributed by atoms with Crippen molar-refractivity contribution >= 4 is 11.6 Å². The number of ether oxygens (including phenoxy) is 3. The lowest BCUT2D eigenvalue weighted by Gasteiger charge is -2.26. The number of nitrogens with one attached hydrogen (secondary N) is 1. The van der Waals surface area contributed by atoms with Crippen molar-refractivity contribution in [2.24, 2.45) is 0 Å². The van der Waals surface area contributed by atoms with E-state index in [1.807, 2.05) is 13.8 Å². The molecule has 6 heteroatoms. The van der Waals surface area contributed by atoms with Gasteiger partial charge in [0.05, 0.1) is 18.5 Å².